The van der Waals surface area contributed by atoms with Crippen LogP contribution in [0.3, 0.4) is 0 Å². The Bertz CT molecular complexity index is 1520. The minimum atomic E-state index is -0.122. The maximum Gasteiger partial charge on any atom is 0.256 e. The Morgan fingerprint density at radius 2 is 1.88 bits per heavy atom. The van der Waals surface area contributed by atoms with Gasteiger partial charge >= 0.3 is 0 Å². The third-order valence-corrected chi connectivity index (χ3v) is 8.80. The predicted octanol–water partition coefficient (Wildman–Crippen LogP) is 4.78. The Labute approximate surface area is 241 Å². The van der Waals surface area contributed by atoms with E-state index in [0.29, 0.717) is 43.2 Å². The Balaban J connectivity index is 1.48. The van der Waals surface area contributed by atoms with Crippen molar-refractivity contribution < 1.29 is 14.4 Å². The lowest BCUT2D eigenvalue weighted by atomic mass is 9.93. The number of aromatic nitrogens is 1. The van der Waals surface area contributed by atoms with Gasteiger partial charge in [0.05, 0.1) is 17.1 Å². The van der Waals surface area contributed by atoms with Crippen molar-refractivity contribution in [2.24, 2.45) is 0 Å². The lowest BCUT2D eigenvalue weighted by molar-refractivity contribution is -0.142. The van der Waals surface area contributed by atoms with Crippen molar-refractivity contribution in [3.05, 3.63) is 81.5 Å². The van der Waals surface area contributed by atoms with Gasteiger partial charge in [0.1, 0.15) is 6.54 Å². The van der Waals surface area contributed by atoms with Gasteiger partial charge in [0.15, 0.2) is 0 Å². The molecule has 0 bridgehead atoms. The number of hydrogen-bond acceptors (Lipinski definition) is 3. The van der Waals surface area contributed by atoms with Crippen molar-refractivity contribution in [2.45, 2.75) is 59.2 Å². The minimum absolute atomic E-state index is 0.0202. The van der Waals surface area contributed by atoms with Gasteiger partial charge in [-0.05, 0) is 66.6 Å². The van der Waals surface area contributed by atoms with Gasteiger partial charge in [0, 0.05) is 49.3 Å². The van der Waals surface area contributed by atoms with Crippen molar-refractivity contribution in [1.29, 1.82) is 0 Å². The summed E-state index contributed by atoms with van der Waals surface area (Å²) in [5, 5.41) is 1.36. The molecule has 0 unspecified atom stereocenters. The van der Waals surface area contributed by atoms with Crippen molar-refractivity contribution in [3.8, 4) is 0 Å². The molecule has 7 nitrogen and oxygen atoms in total. The van der Waals surface area contributed by atoms with E-state index in [4.69, 9.17) is 11.6 Å². The quantitative estimate of drug-likeness (QED) is 0.391. The molecule has 2 aliphatic rings. The van der Waals surface area contributed by atoms with Gasteiger partial charge in [-0.3, -0.25) is 14.4 Å². The molecule has 210 valence electrons. The highest BCUT2D eigenvalue weighted by Gasteiger charge is 2.35. The van der Waals surface area contributed by atoms with Crippen LogP contribution in [0.25, 0.3) is 10.9 Å². The van der Waals surface area contributed by atoms with Crippen molar-refractivity contribution in [2.75, 3.05) is 26.7 Å². The zero-order valence-corrected chi connectivity index (χ0v) is 24.6. The standard InChI is InChI=1S/C32H37ClN4O3/c1-6-21-10-9-11-22-16-35(13-12-25(21)22)32(40)30-26-15-23(33)14-20(4)31(26)37(27(30)7-2)19-29(39)34(5)24-17-36(18-24)28(38)8-3/h8-11,14-15,24H,3,6-7,12-13,16-19H2,1-2,4-5H3. The van der Waals surface area contributed by atoms with Crippen LogP contribution in [0, 0.1) is 6.92 Å². The van der Waals surface area contributed by atoms with E-state index in [2.05, 4.69) is 31.7 Å². The minimum Gasteiger partial charge on any atom is -0.338 e. The molecule has 0 radical (unpaired) electrons. The predicted molar refractivity (Wildman–Crippen MR) is 159 cm³/mol. The molecule has 0 aliphatic carbocycles. The number of carbonyl (C=O) groups is 3. The van der Waals surface area contributed by atoms with E-state index in [1.165, 1.54) is 22.8 Å². The first-order chi connectivity index (χ1) is 19.2. The number of benzene rings is 2. The molecule has 40 heavy (non-hydrogen) atoms. The van der Waals surface area contributed by atoms with Crippen LogP contribution < -0.4 is 0 Å². The van der Waals surface area contributed by atoms with Crippen molar-refractivity contribution >= 4 is 40.2 Å². The molecule has 0 atom stereocenters. The second-order valence-electron chi connectivity index (χ2n) is 10.9. The maximum absolute atomic E-state index is 14.2. The Morgan fingerprint density at radius 3 is 2.55 bits per heavy atom. The second-order valence-corrected chi connectivity index (χ2v) is 11.3. The average molecular weight is 561 g/mol. The fourth-order valence-corrected chi connectivity index (χ4v) is 6.57. The molecule has 1 fully saturated rings. The Hall–Kier alpha value is -3.58. The summed E-state index contributed by atoms with van der Waals surface area (Å²) in [5.74, 6) is -0.202. The fourth-order valence-electron chi connectivity index (χ4n) is 6.30. The zero-order chi connectivity index (χ0) is 28.7. The first kappa shape index (κ1) is 28.0. The average Bonchev–Trinajstić information content (AvgIpc) is 3.23. The van der Waals surface area contributed by atoms with Crippen LogP contribution in [-0.2, 0) is 41.9 Å². The van der Waals surface area contributed by atoms with Crippen LogP contribution in [0.1, 0.15) is 52.2 Å². The smallest absolute Gasteiger partial charge is 0.256 e. The number of nitrogens with zero attached hydrogens (tertiary/aromatic N) is 4. The molecule has 2 aromatic carbocycles. The zero-order valence-electron chi connectivity index (χ0n) is 23.8. The van der Waals surface area contributed by atoms with Gasteiger partial charge in [-0.25, -0.2) is 0 Å². The summed E-state index contributed by atoms with van der Waals surface area (Å²) in [6, 6.07) is 10.1. The fraction of sp³-hybridized carbons (Fsp3) is 0.406. The largest absolute Gasteiger partial charge is 0.338 e. The van der Waals surface area contributed by atoms with Crippen LogP contribution in [0.4, 0.5) is 0 Å². The molecule has 8 heteroatoms. The molecule has 3 aromatic rings. The van der Waals surface area contributed by atoms with Crippen LogP contribution in [0.5, 0.6) is 0 Å². The number of carbonyl (C=O) groups excluding carboxylic acids is 3. The summed E-state index contributed by atoms with van der Waals surface area (Å²) < 4.78 is 2.01. The van der Waals surface area contributed by atoms with Gasteiger partial charge in [-0.1, -0.05) is 50.2 Å². The summed E-state index contributed by atoms with van der Waals surface area (Å²) in [5.41, 5.74) is 7.20. The molecule has 1 aromatic heterocycles. The summed E-state index contributed by atoms with van der Waals surface area (Å²) >= 11 is 6.52. The molecule has 3 amide bonds. The van der Waals surface area contributed by atoms with E-state index in [1.807, 2.05) is 35.4 Å². The lowest BCUT2D eigenvalue weighted by Gasteiger charge is -2.43. The molecular weight excluding hydrogens is 524 g/mol. The highest BCUT2D eigenvalue weighted by Crippen LogP contribution is 2.34. The number of hydrogen-bond donors (Lipinski definition) is 0. The number of fused-ring (bicyclic) bond motifs is 2. The maximum atomic E-state index is 14.2. The molecule has 0 N–H and O–H groups in total. The van der Waals surface area contributed by atoms with E-state index in [-0.39, 0.29) is 30.3 Å². The van der Waals surface area contributed by atoms with Crippen LogP contribution in [0.15, 0.2) is 43.0 Å². The first-order valence-electron chi connectivity index (χ1n) is 14.1. The Kier molecular flexibility index (Phi) is 7.78. The Morgan fingerprint density at radius 1 is 1.12 bits per heavy atom. The van der Waals surface area contributed by atoms with Gasteiger partial charge in [0.2, 0.25) is 11.8 Å². The molecule has 3 heterocycles. The monoisotopic (exact) mass is 560 g/mol. The van der Waals surface area contributed by atoms with E-state index in [0.717, 1.165) is 35.0 Å². The topological polar surface area (TPSA) is 65.9 Å². The van der Waals surface area contributed by atoms with E-state index in [1.54, 1.807) is 16.8 Å². The van der Waals surface area contributed by atoms with Crippen molar-refractivity contribution in [3.63, 3.8) is 0 Å². The van der Waals surface area contributed by atoms with Gasteiger partial charge in [-0.15, -0.1) is 0 Å². The summed E-state index contributed by atoms with van der Waals surface area (Å²) in [6.07, 6.45) is 3.71. The number of rotatable bonds is 7. The highest BCUT2D eigenvalue weighted by molar-refractivity contribution is 6.31. The van der Waals surface area contributed by atoms with Crippen molar-refractivity contribution in [1.82, 2.24) is 19.3 Å². The number of aryl methyl sites for hydroxylation is 2. The second kappa shape index (κ2) is 11.1. The van der Waals surface area contributed by atoms with E-state index in [9.17, 15) is 14.4 Å². The summed E-state index contributed by atoms with van der Waals surface area (Å²) in [7, 11) is 1.78. The van der Waals surface area contributed by atoms with Crippen LogP contribution in [-0.4, -0.2) is 69.7 Å². The summed E-state index contributed by atoms with van der Waals surface area (Å²) in [4.78, 5) is 45.0. The SMILES string of the molecule is C=CC(=O)N1CC(N(C)C(=O)Cn2c(CC)c(C(=O)N3CCc4c(CC)cccc4C3)c3cc(Cl)cc(C)c32)C1. The lowest BCUT2D eigenvalue weighted by Crippen LogP contribution is -2.61. The van der Waals surface area contributed by atoms with E-state index < -0.39 is 0 Å². The van der Waals surface area contributed by atoms with Gasteiger partial charge < -0.3 is 19.3 Å². The number of halogens is 1. The van der Waals surface area contributed by atoms with Crippen LogP contribution >= 0.6 is 11.6 Å². The molecule has 5 rings (SSSR count). The van der Waals surface area contributed by atoms with Gasteiger partial charge in [0.25, 0.3) is 5.91 Å². The third-order valence-electron chi connectivity index (χ3n) is 8.58. The molecule has 1 saturated heterocycles. The summed E-state index contributed by atoms with van der Waals surface area (Å²) in [6.45, 7) is 12.0. The van der Waals surface area contributed by atoms with Gasteiger partial charge in [-0.2, -0.15) is 0 Å². The number of likely N-dealkylation sites (N-methyl/N-ethyl adjacent to an activating group) is 1. The molecule has 2 aliphatic heterocycles. The van der Waals surface area contributed by atoms with Crippen LogP contribution in [0.2, 0.25) is 5.02 Å². The highest BCUT2D eigenvalue weighted by atomic mass is 35.5. The molecular formula is C32H37ClN4O3. The van der Waals surface area contributed by atoms with E-state index >= 15 is 0 Å². The first-order valence-corrected chi connectivity index (χ1v) is 14.4. The number of likely N-dealkylation sites (tertiary alicyclic amines) is 1. The number of amides is 3. The normalized spacial score (nSPS) is 15.1. The molecule has 0 saturated carbocycles. The molecule has 0 spiro atoms. The third kappa shape index (κ3) is 4.81.